The van der Waals surface area contributed by atoms with Crippen LogP contribution in [0.2, 0.25) is 0 Å². The van der Waals surface area contributed by atoms with Crippen LogP contribution >= 0.6 is 0 Å². The van der Waals surface area contributed by atoms with Gasteiger partial charge in [-0.15, -0.1) is 0 Å². The van der Waals surface area contributed by atoms with E-state index in [1.54, 1.807) is 12.1 Å². The summed E-state index contributed by atoms with van der Waals surface area (Å²) < 4.78 is 65.6. The molecule has 0 unspecified atom stereocenters. The van der Waals surface area contributed by atoms with Gasteiger partial charge in [-0.2, -0.15) is 0 Å². The maximum absolute atomic E-state index is 12.8. The lowest BCUT2D eigenvalue weighted by Gasteiger charge is -2.13. The molecule has 0 aliphatic carbocycles. The van der Waals surface area contributed by atoms with Crippen LogP contribution in [-0.4, -0.2) is 36.0 Å². The third-order valence-electron chi connectivity index (χ3n) is 4.41. The fourth-order valence-electron chi connectivity index (χ4n) is 2.78. The third kappa shape index (κ3) is 5.51. The number of methoxy groups -OCH3 is 2. The van der Waals surface area contributed by atoms with Crippen LogP contribution in [0.3, 0.4) is 0 Å². The molecule has 0 aromatic heterocycles. The number of nitro benzene ring substituents is 1. The quantitative estimate of drug-likeness (QED) is 0.340. The van der Waals surface area contributed by atoms with Gasteiger partial charge in [0.05, 0.1) is 34.6 Å². The van der Waals surface area contributed by atoms with Crippen molar-refractivity contribution < 1.29 is 31.2 Å². The zero-order chi connectivity index (χ0) is 24.2. The highest BCUT2D eigenvalue weighted by molar-refractivity contribution is 7.93. The number of anilines is 2. The fraction of sp³-hybridized carbons (Fsp3) is 0.100. The lowest BCUT2D eigenvalue weighted by atomic mass is 10.3. The van der Waals surface area contributed by atoms with E-state index in [9.17, 15) is 26.9 Å². The molecular formula is C20H19N3O8S2. The van der Waals surface area contributed by atoms with Crippen molar-refractivity contribution in [1.29, 1.82) is 0 Å². The second-order valence-corrected chi connectivity index (χ2v) is 9.92. The largest absolute Gasteiger partial charge is 0.497 e. The van der Waals surface area contributed by atoms with Crippen molar-refractivity contribution in [2.24, 2.45) is 0 Å². The van der Waals surface area contributed by atoms with Crippen LogP contribution < -0.4 is 18.9 Å². The van der Waals surface area contributed by atoms with Crippen molar-refractivity contribution in [3.63, 3.8) is 0 Å². The second-order valence-electron chi connectivity index (χ2n) is 6.56. The van der Waals surface area contributed by atoms with E-state index in [1.165, 1.54) is 62.8 Å². The molecule has 3 aromatic rings. The molecule has 0 fully saturated rings. The number of hydrogen-bond acceptors (Lipinski definition) is 8. The summed E-state index contributed by atoms with van der Waals surface area (Å²) in [6.07, 6.45) is 0. The first-order valence-corrected chi connectivity index (χ1v) is 12.1. The standard InChI is InChI=1S/C20H19N3O8S2/c1-30-16-8-11-20(31-2)19(13-16)22-32(26,27)17-9-6-14(7-10-17)21-33(28,29)18-5-3-4-15(12-18)23(24)25/h3-13,21-22H,1-2H3. The number of nitrogens with zero attached hydrogens (tertiary/aromatic N) is 1. The fourth-order valence-corrected chi connectivity index (χ4v) is 4.94. The minimum atomic E-state index is -4.13. The summed E-state index contributed by atoms with van der Waals surface area (Å²) in [4.78, 5) is 9.75. The van der Waals surface area contributed by atoms with Crippen LogP contribution in [0.25, 0.3) is 0 Å². The van der Waals surface area contributed by atoms with Gasteiger partial charge in [0.15, 0.2) is 0 Å². The van der Waals surface area contributed by atoms with Gasteiger partial charge in [-0.3, -0.25) is 19.6 Å². The Hall–Kier alpha value is -3.84. The third-order valence-corrected chi connectivity index (χ3v) is 7.17. The molecular weight excluding hydrogens is 474 g/mol. The van der Waals surface area contributed by atoms with Gasteiger partial charge in [-0.05, 0) is 42.5 Å². The molecule has 0 amide bonds. The predicted molar refractivity (Wildman–Crippen MR) is 121 cm³/mol. The molecule has 3 aromatic carbocycles. The zero-order valence-corrected chi connectivity index (χ0v) is 19.0. The Morgan fingerprint density at radius 3 is 2.06 bits per heavy atom. The summed E-state index contributed by atoms with van der Waals surface area (Å²) in [5.41, 5.74) is -0.148. The predicted octanol–water partition coefficient (Wildman–Crippen LogP) is 3.21. The molecule has 0 saturated carbocycles. The molecule has 0 radical (unpaired) electrons. The summed E-state index contributed by atoms with van der Waals surface area (Å²) in [7, 11) is -5.34. The Bertz CT molecular complexity index is 1390. The number of sulfonamides is 2. The van der Waals surface area contributed by atoms with E-state index in [-0.39, 0.29) is 32.6 Å². The van der Waals surface area contributed by atoms with Crippen molar-refractivity contribution in [1.82, 2.24) is 0 Å². The van der Waals surface area contributed by atoms with Crippen LogP contribution in [0.15, 0.2) is 76.5 Å². The highest BCUT2D eigenvalue weighted by Crippen LogP contribution is 2.31. The lowest BCUT2D eigenvalue weighted by molar-refractivity contribution is -0.385. The summed E-state index contributed by atoms with van der Waals surface area (Å²) in [5, 5.41) is 10.9. The molecule has 13 heteroatoms. The minimum absolute atomic E-state index is 0.0689. The van der Waals surface area contributed by atoms with Gasteiger partial charge in [0.25, 0.3) is 25.7 Å². The van der Waals surface area contributed by atoms with Gasteiger partial charge in [-0.1, -0.05) is 6.07 Å². The van der Waals surface area contributed by atoms with E-state index < -0.39 is 25.0 Å². The Balaban J connectivity index is 1.82. The molecule has 0 aliphatic heterocycles. The van der Waals surface area contributed by atoms with E-state index >= 15 is 0 Å². The Morgan fingerprint density at radius 1 is 0.788 bits per heavy atom. The minimum Gasteiger partial charge on any atom is -0.497 e. The monoisotopic (exact) mass is 493 g/mol. The van der Waals surface area contributed by atoms with Gasteiger partial charge in [0.1, 0.15) is 11.5 Å². The molecule has 0 heterocycles. The molecule has 0 saturated heterocycles. The molecule has 0 bridgehead atoms. The number of hydrogen-bond donors (Lipinski definition) is 2. The van der Waals surface area contributed by atoms with Crippen LogP contribution in [0.1, 0.15) is 0 Å². The van der Waals surface area contributed by atoms with E-state index in [0.717, 1.165) is 6.07 Å². The molecule has 33 heavy (non-hydrogen) atoms. The van der Waals surface area contributed by atoms with Crippen LogP contribution in [-0.2, 0) is 20.0 Å². The highest BCUT2D eigenvalue weighted by Gasteiger charge is 2.20. The smallest absolute Gasteiger partial charge is 0.270 e. The molecule has 3 rings (SSSR count). The molecule has 0 atom stereocenters. The summed E-state index contributed by atoms with van der Waals surface area (Å²) >= 11 is 0. The normalized spacial score (nSPS) is 11.5. The van der Waals surface area contributed by atoms with Crippen LogP contribution in [0, 0.1) is 10.1 Å². The van der Waals surface area contributed by atoms with Crippen molar-refractivity contribution in [3.05, 3.63) is 76.8 Å². The zero-order valence-electron chi connectivity index (χ0n) is 17.4. The number of non-ortho nitro benzene ring substituents is 1. The first-order chi connectivity index (χ1) is 15.6. The van der Waals surface area contributed by atoms with E-state index in [4.69, 9.17) is 9.47 Å². The van der Waals surface area contributed by atoms with Crippen molar-refractivity contribution in [2.45, 2.75) is 9.79 Å². The molecule has 2 N–H and O–H groups in total. The van der Waals surface area contributed by atoms with E-state index in [2.05, 4.69) is 9.44 Å². The Labute approximate surface area is 190 Å². The highest BCUT2D eigenvalue weighted by atomic mass is 32.2. The first-order valence-electron chi connectivity index (χ1n) is 9.18. The van der Waals surface area contributed by atoms with Crippen LogP contribution in [0.4, 0.5) is 17.1 Å². The number of nitro groups is 1. The van der Waals surface area contributed by atoms with E-state index in [0.29, 0.717) is 5.75 Å². The van der Waals surface area contributed by atoms with Gasteiger partial charge < -0.3 is 9.47 Å². The van der Waals surface area contributed by atoms with Crippen molar-refractivity contribution in [3.8, 4) is 11.5 Å². The maximum atomic E-state index is 12.8. The van der Waals surface area contributed by atoms with Gasteiger partial charge in [0, 0.05) is 23.9 Å². The molecule has 11 nitrogen and oxygen atoms in total. The van der Waals surface area contributed by atoms with Gasteiger partial charge in [-0.25, -0.2) is 16.8 Å². The number of ether oxygens (including phenoxy) is 2. The van der Waals surface area contributed by atoms with E-state index in [1.807, 2.05) is 0 Å². The lowest BCUT2D eigenvalue weighted by Crippen LogP contribution is -2.15. The summed E-state index contributed by atoms with van der Waals surface area (Å²) in [5.74, 6) is 0.695. The number of benzene rings is 3. The van der Waals surface area contributed by atoms with Gasteiger partial charge >= 0.3 is 0 Å². The second kappa shape index (κ2) is 9.34. The Kier molecular flexibility index (Phi) is 6.74. The topological polar surface area (TPSA) is 154 Å². The summed E-state index contributed by atoms with van der Waals surface area (Å²) in [6.45, 7) is 0. The van der Waals surface area contributed by atoms with Crippen molar-refractivity contribution >= 4 is 37.1 Å². The van der Waals surface area contributed by atoms with Crippen LogP contribution in [0.5, 0.6) is 11.5 Å². The molecule has 0 spiro atoms. The SMILES string of the molecule is COc1ccc(OC)c(NS(=O)(=O)c2ccc(NS(=O)(=O)c3cccc([N+](=O)[O-])c3)cc2)c1. The average Bonchev–Trinajstić information content (AvgIpc) is 2.79. The molecule has 0 aliphatic rings. The number of nitrogens with one attached hydrogen (secondary N) is 2. The maximum Gasteiger partial charge on any atom is 0.270 e. The van der Waals surface area contributed by atoms with Gasteiger partial charge in [0.2, 0.25) is 0 Å². The summed E-state index contributed by atoms with van der Waals surface area (Å²) in [6, 6.07) is 14.1. The number of rotatable bonds is 9. The van der Waals surface area contributed by atoms with Crippen molar-refractivity contribution in [2.75, 3.05) is 23.7 Å². The molecule has 174 valence electrons. The average molecular weight is 494 g/mol. The first kappa shape index (κ1) is 23.8. The Morgan fingerprint density at radius 2 is 1.45 bits per heavy atom.